The summed E-state index contributed by atoms with van der Waals surface area (Å²) < 4.78 is 0. The number of benzene rings is 1. The maximum Gasteiger partial charge on any atom is 0.239 e. The number of hydrogen-bond acceptors (Lipinski definition) is 4. The molecule has 3 amide bonds. The lowest BCUT2D eigenvalue weighted by atomic mass is 10.1. The fraction of sp³-hybridized carbons (Fsp3) is 0.609. The zero-order chi connectivity index (χ0) is 21.3. The quantitative estimate of drug-likeness (QED) is 0.719. The van der Waals surface area contributed by atoms with Crippen molar-refractivity contribution < 1.29 is 14.4 Å². The Balaban J connectivity index is 1.44. The van der Waals surface area contributed by atoms with Crippen LogP contribution in [-0.2, 0) is 14.4 Å². The fourth-order valence-electron chi connectivity index (χ4n) is 4.17. The van der Waals surface area contributed by atoms with Crippen molar-refractivity contribution in [3.05, 3.63) is 24.3 Å². The van der Waals surface area contributed by atoms with Gasteiger partial charge in [0.15, 0.2) is 0 Å². The fourth-order valence-corrected chi connectivity index (χ4v) is 4.17. The molecular weight excluding hydrogens is 380 g/mol. The van der Waals surface area contributed by atoms with Crippen molar-refractivity contribution in [1.29, 1.82) is 0 Å². The van der Waals surface area contributed by atoms with Crippen LogP contribution in [0.15, 0.2) is 24.3 Å². The maximum atomic E-state index is 12.4. The highest BCUT2D eigenvalue weighted by molar-refractivity contribution is 5.92. The Labute approximate surface area is 179 Å². The van der Waals surface area contributed by atoms with Crippen LogP contribution in [-0.4, -0.2) is 54.8 Å². The molecule has 2 fully saturated rings. The van der Waals surface area contributed by atoms with Crippen molar-refractivity contribution in [3.8, 4) is 0 Å². The molecule has 0 saturated carbocycles. The van der Waals surface area contributed by atoms with Gasteiger partial charge in [0.1, 0.15) is 0 Å². The predicted octanol–water partition coefficient (Wildman–Crippen LogP) is 2.91. The van der Waals surface area contributed by atoms with Crippen molar-refractivity contribution in [3.63, 3.8) is 0 Å². The minimum Gasteiger partial charge on any atom is -0.371 e. The maximum absolute atomic E-state index is 12.4. The summed E-state index contributed by atoms with van der Waals surface area (Å²) in [6.45, 7) is 4.63. The lowest BCUT2D eigenvalue weighted by Crippen LogP contribution is -2.44. The molecule has 2 aliphatic heterocycles. The standard InChI is InChI=1S/C23H34N4O3/c1-18(24-22(29)17-27-14-5-3-2-4-11-23(27)30)15-21(28)25-19-9-8-10-20(16-19)26-12-6-7-13-26/h8-10,16,18H,2-7,11-15,17H2,1H3,(H,24,29)(H,25,28). The Bertz CT molecular complexity index is 746. The van der Waals surface area contributed by atoms with E-state index < -0.39 is 0 Å². The minimum atomic E-state index is -0.302. The lowest BCUT2D eigenvalue weighted by molar-refractivity contribution is -0.136. The third kappa shape index (κ3) is 6.75. The molecule has 0 aromatic heterocycles. The molecule has 7 heteroatoms. The largest absolute Gasteiger partial charge is 0.371 e. The molecule has 2 aliphatic rings. The molecule has 3 rings (SSSR count). The molecule has 0 spiro atoms. The summed E-state index contributed by atoms with van der Waals surface area (Å²) in [5.41, 5.74) is 1.90. The number of nitrogens with zero attached hydrogens (tertiary/aromatic N) is 2. The predicted molar refractivity (Wildman–Crippen MR) is 118 cm³/mol. The average Bonchev–Trinajstić information content (AvgIpc) is 3.22. The molecule has 2 N–H and O–H groups in total. The van der Waals surface area contributed by atoms with Crippen LogP contribution >= 0.6 is 0 Å². The highest BCUT2D eigenvalue weighted by Crippen LogP contribution is 2.23. The first-order valence-corrected chi connectivity index (χ1v) is 11.2. The van der Waals surface area contributed by atoms with Gasteiger partial charge in [0.2, 0.25) is 17.7 Å². The number of carbonyl (C=O) groups excluding carboxylic acids is 3. The SMILES string of the molecule is CC(CC(=O)Nc1cccc(N2CCCC2)c1)NC(=O)CN1CCCCCCC1=O. The second kappa shape index (κ2) is 11.0. The molecule has 1 unspecified atom stereocenters. The van der Waals surface area contributed by atoms with Crippen LogP contribution in [0.3, 0.4) is 0 Å². The summed E-state index contributed by atoms with van der Waals surface area (Å²) in [6, 6.07) is 7.60. The van der Waals surface area contributed by atoms with Gasteiger partial charge in [0.05, 0.1) is 6.54 Å². The van der Waals surface area contributed by atoms with Gasteiger partial charge in [-0.05, 0) is 50.8 Å². The van der Waals surface area contributed by atoms with Crippen LogP contribution in [0.25, 0.3) is 0 Å². The Morgan fingerprint density at radius 1 is 1.00 bits per heavy atom. The molecule has 0 bridgehead atoms. The lowest BCUT2D eigenvalue weighted by Gasteiger charge is -2.25. The van der Waals surface area contributed by atoms with Gasteiger partial charge in [-0.15, -0.1) is 0 Å². The van der Waals surface area contributed by atoms with Crippen molar-refractivity contribution in [2.75, 3.05) is 36.4 Å². The average molecular weight is 415 g/mol. The van der Waals surface area contributed by atoms with Gasteiger partial charge in [0, 0.05) is 49.9 Å². The van der Waals surface area contributed by atoms with Gasteiger partial charge >= 0.3 is 0 Å². The van der Waals surface area contributed by atoms with E-state index in [1.165, 1.54) is 12.8 Å². The van der Waals surface area contributed by atoms with Gasteiger partial charge < -0.3 is 20.4 Å². The van der Waals surface area contributed by atoms with E-state index in [9.17, 15) is 14.4 Å². The normalized spacial score (nSPS) is 18.5. The number of hydrogen-bond donors (Lipinski definition) is 2. The van der Waals surface area contributed by atoms with Crippen molar-refractivity contribution in [2.45, 2.75) is 64.3 Å². The second-order valence-electron chi connectivity index (χ2n) is 8.44. The third-order valence-corrected chi connectivity index (χ3v) is 5.76. The molecule has 164 valence electrons. The van der Waals surface area contributed by atoms with Crippen LogP contribution in [0.4, 0.5) is 11.4 Å². The highest BCUT2D eigenvalue weighted by Gasteiger charge is 2.20. The van der Waals surface area contributed by atoms with Crippen LogP contribution in [0.2, 0.25) is 0 Å². The zero-order valence-electron chi connectivity index (χ0n) is 18.0. The number of nitrogens with one attached hydrogen (secondary N) is 2. The van der Waals surface area contributed by atoms with E-state index in [4.69, 9.17) is 0 Å². The summed E-state index contributed by atoms with van der Waals surface area (Å²) >= 11 is 0. The Hall–Kier alpha value is -2.57. The van der Waals surface area contributed by atoms with Crippen molar-refractivity contribution in [1.82, 2.24) is 10.2 Å². The molecule has 1 atom stereocenters. The van der Waals surface area contributed by atoms with E-state index in [0.29, 0.717) is 13.0 Å². The van der Waals surface area contributed by atoms with E-state index in [1.807, 2.05) is 25.1 Å². The number of carbonyl (C=O) groups is 3. The highest BCUT2D eigenvalue weighted by atomic mass is 16.2. The van der Waals surface area contributed by atoms with Crippen LogP contribution in [0, 0.1) is 0 Å². The van der Waals surface area contributed by atoms with Gasteiger partial charge in [0.25, 0.3) is 0 Å². The molecule has 30 heavy (non-hydrogen) atoms. The Morgan fingerprint density at radius 3 is 2.53 bits per heavy atom. The van der Waals surface area contributed by atoms with Crippen LogP contribution in [0.5, 0.6) is 0 Å². The third-order valence-electron chi connectivity index (χ3n) is 5.76. The summed E-state index contributed by atoms with van der Waals surface area (Å²) in [6.07, 6.45) is 7.13. The molecule has 7 nitrogen and oxygen atoms in total. The number of rotatable bonds is 7. The smallest absolute Gasteiger partial charge is 0.239 e. The minimum absolute atomic E-state index is 0.0492. The van der Waals surface area contributed by atoms with Gasteiger partial charge in [-0.25, -0.2) is 0 Å². The number of anilines is 2. The molecule has 0 radical (unpaired) electrons. The van der Waals surface area contributed by atoms with Gasteiger partial charge in [-0.2, -0.15) is 0 Å². The molecular formula is C23H34N4O3. The summed E-state index contributed by atoms with van der Waals surface area (Å²) in [7, 11) is 0. The summed E-state index contributed by atoms with van der Waals surface area (Å²) in [5, 5.41) is 5.79. The summed E-state index contributed by atoms with van der Waals surface area (Å²) in [4.78, 5) is 40.9. The molecule has 0 aliphatic carbocycles. The zero-order valence-corrected chi connectivity index (χ0v) is 18.0. The van der Waals surface area contributed by atoms with Crippen molar-refractivity contribution >= 4 is 29.1 Å². The first kappa shape index (κ1) is 22.1. The monoisotopic (exact) mass is 414 g/mol. The van der Waals surface area contributed by atoms with Crippen LogP contribution in [0.1, 0.15) is 58.3 Å². The Morgan fingerprint density at radius 2 is 1.73 bits per heavy atom. The Kier molecular flexibility index (Phi) is 8.11. The molecule has 1 aromatic carbocycles. The number of likely N-dealkylation sites (tertiary alicyclic amines) is 1. The first-order chi connectivity index (χ1) is 14.5. The molecule has 1 aromatic rings. The van der Waals surface area contributed by atoms with E-state index in [-0.39, 0.29) is 36.7 Å². The topological polar surface area (TPSA) is 81.8 Å². The van der Waals surface area contributed by atoms with E-state index >= 15 is 0 Å². The van der Waals surface area contributed by atoms with E-state index in [2.05, 4.69) is 21.6 Å². The first-order valence-electron chi connectivity index (χ1n) is 11.2. The van der Waals surface area contributed by atoms with E-state index in [0.717, 1.165) is 50.1 Å². The van der Waals surface area contributed by atoms with Crippen LogP contribution < -0.4 is 15.5 Å². The van der Waals surface area contributed by atoms with E-state index in [1.54, 1.807) is 4.90 Å². The number of amides is 3. The molecule has 2 saturated heterocycles. The van der Waals surface area contributed by atoms with Gasteiger partial charge in [-0.1, -0.05) is 18.9 Å². The summed E-state index contributed by atoms with van der Waals surface area (Å²) in [5.74, 6) is -0.294. The van der Waals surface area contributed by atoms with Crippen molar-refractivity contribution in [2.24, 2.45) is 0 Å². The molecule has 2 heterocycles. The second-order valence-corrected chi connectivity index (χ2v) is 8.44. The van der Waals surface area contributed by atoms with Gasteiger partial charge in [-0.3, -0.25) is 14.4 Å².